The predicted octanol–water partition coefficient (Wildman–Crippen LogP) is 13.0. The zero-order valence-corrected chi connectivity index (χ0v) is 30.5. The number of nitrogens with zero attached hydrogens (tertiary/aromatic N) is 5. The first-order valence-electron chi connectivity index (χ1n) is 19.1. The maximum absolute atomic E-state index is 6.31. The van der Waals surface area contributed by atoms with Gasteiger partial charge >= 0.3 is 0 Å². The molecule has 57 heavy (non-hydrogen) atoms. The van der Waals surface area contributed by atoms with Crippen LogP contribution in [0, 0.1) is 0 Å². The van der Waals surface area contributed by atoms with Gasteiger partial charge in [-0.2, -0.15) is 9.97 Å². The quantitative estimate of drug-likeness (QED) is 0.177. The van der Waals surface area contributed by atoms with Crippen molar-refractivity contribution in [2.45, 2.75) is 0 Å². The van der Waals surface area contributed by atoms with Crippen LogP contribution in [-0.4, -0.2) is 24.1 Å². The smallest absolute Gasteiger partial charge is 0.238 e. The lowest BCUT2D eigenvalue weighted by Gasteiger charge is -2.12. The molecule has 0 bridgehead atoms. The van der Waals surface area contributed by atoms with Crippen molar-refractivity contribution in [3.63, 3.8) is 0 Å². The van der Waals surface area contributed by atoms with Gasteiger partial charge in [0, 0.05) is 49.1 Å². The number of hydrogen-bond acceptors (Lipinski definition) is 4. The van der Waals surface area contributed by atoms with Gasteiger partial charge in [-0.15, -0.1) is 0 Å². The molecule has 0 saturated heterocycles. The summed E-state index contributed by atoms with van der Waals surface area (Å²) in [6, 6.07) is 65.6. The van der Waals surface area contributed by atoms with E-state index in [0.29, 0.717) is 17.6 Å². The third-order valence-electron chi connectivity index (χ3n) is 11.2. The highest BCUT2D eigenvalue weighted by molar-refractivity contribution is 6.19. The molecule has 6 heteroatoms. The summed E-state index contributed by atoms with van der Waals surface area (Å²) in [5, 5.41) is 6.66. The second kappa shape index (κ2) is 12.3. The van der Waals surface area contributed by atoms with Crippen LogP contribution in [-0.2, 0) is 0 Å². The summed E-state index contributed by atoms with van der Waals surface area (Å²) >= 11 is 0. The van der Waals surface area contributed by atoms with Crippen LogP contribution in [0.15, 0.2) is 192 Å². The summed E-state index contributed by atoms with van der Waals surface area (Å²) < 4.78 is 10.9. The minimum absolute atomic E-state index is 0.545. The first-order chi connectivity index (χ1) is 28.3. The van der Waals surface area contributed by atoms with Crippen LogP contribution in [0.25, 0.3) is 111 Å². The molecule has 4 heterocycles. The first kappa shape index (κ1) is 31.5. The van der Waals surface area contributed by atoms with Crippen molar-refractivity contribution in [3.8, 4) is 45.5 Å². The highest BCUT2D eigenvalue weighted by atomic mass is 16.3. The Hall–Kier alpha value is -7.83. The van der Waals surface area contributed by atoms with Gasteiger partial charge in [-0.25, -0.2) is 4.98 Å². The van der Waals surface area contributed by atoms with E-state index in [1.54, 1.807) is 0 Å². The van der Waals surface area contributed by atoms with Gasteiger partial charge in [0.25, 0.3) is 0 Å². The fourth-order valence-electron chi connectivity index (χ4n) is 8.62. The molecule has 266 valence electrons. The van der Waals surface area contributed by atoms with Crippen molar-refractivity contribution in [3.05, 3.63) is 188 Å². The minimum Gasteiger partial charge on any atom is -0.456 e. The van der Waals surface area contributed by atoms with Crippen molar-refractivity contribution in [1.82, 2.24) is 24.1 Å². The SMILES string of the molecule is c1ccc(-c2ccc(-n3c4ccccc4c4cc5c6ccccc6n(-c6nc(-c7ccccc7)nc(-c7cccc8oc9ccccc9c78)n6)c5cc43)cc2)cc1. The van der Waals surface area contributed by atoms with E-state index in [2.05, 4.69) is 137 Å². The number of benzene rings is 8. The molecule has 4 aromatic heterocycles. The number of hydrogen-bond donors (Lipinski definition) is 0. The summed E-state index contributed by atoms with van der Waals surface area (Å²) in [4.78, 5) is 15.8. The monoisotopic (exact) mass is 729 g/mol. The Bertz CT molecular complexity index is 3510. The standard InChI is InChI=1S/C51H31N5O/c1-3-14-32(15-4-1)33-26-28-35(29-27-33)55-42-22-10-7-18-36(42)40-30-41-37-19-8-11-23-43(37)56(45(41)31-44(40)55)51-53-49(34-16-5-2-6-17-34)52-50(54-51)39-21-13-25-47-48(39)38-20-9-12-24-46(38)57-47/h1-31H. The summed E-state index contributed by atoms with van der Waals surface area (Å²) in [5.41, 5.74) is 11.2. The van der Waals surface area contributed by atoms with Gasteiger partial charge in [0.2, 0.25) is 5.95 Å². The molecular weight excluding hydrogens is 699 g/mol. The molecule has 0 aliphatic carbocycles. The highest BCUT2D eigenvalue weighted by Crippen LogP contribution is 2.41. The molecule has 0 radical (unpaired) electrons. The summed E-state index contributed by atoms with van der Waals surface area (Å²) in [6.07, 6.45) is 0. The van der Waals surface area contributed by atoms with Crippen molar-refractivity contribution in [1.29, 1.82) is 0 Å². The molecule has 0 atom stereocenters. The molecule has 0 unspecified atom stereocenters. The van der Waals surface area contributed by atoms with E-state index in [1.165, 1.54) is 21.9 Å². The lowest BCUT2D eigenvalue weighted by Crippen LogP contribution is -2.06. The third kappa shape index (κ3) is 4.87. The Labute approximate surface area is 326 Å². The van der Waals surface area contributed by atoms with Gasteiger partial charge in [-0.1, -0.05) is 140 Å². The predicted molar refractivity (Wildman–Crippen MR) is 232 cm³/mol. The summed E-state index contributed by atoms with van der Waals surface area (Å²) in [6.45, 7) is 0. The van der Waals surface area contributed by atoms with E-state index in [4.69, 9.17) is 19.4 Å². The number of aromatic nitrogens is 5. The Balaban J connectivity index is 1.15. The maximum Gasteiger partial charge on any atom is 0.238 e. The van der Waals surface area contributed by atoms with Crippen molar-refractivity contribution < 1.29 is 4.42 Å². The number of furan rings is 1. The second-order valence-electron chi connectivity index (χ2n) is 14.4. The summed E-state index contributed by atoms with van der Waals surface area (Å²) in [5.74, 6) is 1.72. The molecule has 0 saturated carbocycles. The highest BCUT2D eigenvalue weighted by Gasteiger charge is 2.22. The average Bonchev–Trinajstić information content (AvgIpc) is 3.93. The molecule has 12 rings (SSSR count). The molecule has 8 aromatic carbocycles. The lowest BCUT2D eigenvalue weighted by molar-refractivity contribution is 0.669. The molecule has 0 amide bonds. The van der Waals surface area contributed by atoms with Crippen LogP contribution < -0.4 is 0 Å². The Kier molecular flexibility index (Phi) is 6.83. The fourth-order valence-corrected chi connectivity index (χ4v) is 8.62. The molecule has 0 spiro atoms. The van der Waals surface area contributed by atoms with Crippen molar-refractivity contribution in [2.75, 3.05) is 0 Å². The van der Waals surface area contributed by atoms with Crippen LogP contribution >= 0.6 is 0 Å². The average molecular weight is 730 g/mol. The van der Waals surface area contributed by atoms with Gasteiger partial charge in [0.15, 0.2) is 11.6 Å². The van der Waals surface area contributed by atoms with Crippen LogP contribution in [0.5, 0.6) is 0 Å². The molecule has 0 aliphatic heterocycles. The Morgan fingerprint density at radius 2 is 0.912 bits per heavy atom. The molecule has 6 nitrogen and oxygen atoms in total. The first-order valence-corrected chi connectivity index (χ1v) is 19.1. The molecule has 0 aliphatic rings. The van der Waals surface area contributed by atoms with Gasteiger partial charge in [0.1, 0.15) is 11.2 Å². The maximum atomic E-state index is 6.31. The second-order valence-corrected chi connectivity index (χ2v) is 14.4. The Morgan fingerprint density at radius 1 is 0.351 bits per heavy atom. The van der Waals surface area contributed by atoms with Crippen LogP contribution in [0.4, 0.5) is 0 Å². The normalized spacial score (nSPS) is 11.9. The summed E-state index contributed by atoms with van der Waals surface area (Å²) in [7, 11) is 0. The molecule has 0 N–H and O–H groups in total. The number of fused-ring (bicyclic) bond motifs is 9. The zero-order valence-electron chi connectivity index (χ0n) is 30.5. The van der Waals surface area contributed by atoms with Crippen LogP contribution in [0.3, 0.4) is 0 Å². The number of rotatable bonds is 5. The van der Waals surface area contributed by atoms with E-state index >= 15 is 0 Å². The molecule has 0 fully saturated rings. The minimum atomic E-state index is 0.545. The van der Waals surface area contributed by atoms with Gasteiger partial charge in [0.05, 0.1) is 22.1 Å². The Morgan fingerprint density at radius 3 is 1.65 bits per heavy atom. The van der Waals surface area contributed by atoms with E-state index in [1.807, 2.05) is 60.7 Å². The zero-order chi connectivity index (χ0) is 37.5. The van der Waals surface area contributed by atoms with Gasteiger partial charge < -0.3 is 8.98 Å². The van der Waals surface area contributed by atoms with Crippen molar-refractivity contribution >= 4 is 65.6 Å². The topological polar surface area (TPSA) is 61.7 Å². The van der Waals surface area contributed by atoms with E-state index in [-0.39, 0.29) is 0 Å². The van der Waals surface area contributed by atoms with Crippen LogP contribution in [0.2, 0.25) is 0 Å². The number of para-hydroxylation sites is 3. The fraction of sp³-hybridized carbons (Fsp3) is 0. The van der Waals surface area contributed by atoms with Crippen molar-refractivity contribution in [2.24, 2.45) is 0 Å². The van der Waals surface area contributed by atoms with E-state index in [0.717, 1.165) is 71.6 Å². The third-order valence-corrected chi connectivity index (χ3v) is 11.2. The van der Waals surface area contributed by atoms with E-state index in [9.17, 15) is 0 Å². The molecular formula is C51H31N5O. The lowest BCUT2D eigenvalue weighted by atomic mass is 10.1. The van der Waals surface area contributed by atoms with E-state index < -0.39 is 0 Å². The molecule has 12 aromatic rings. The van der Waals surface area contributed by atoms with Gasteiger partial charge in [-0.05, 0) is 59.7 Å². The van der Waals surface area contributed by atoms with Gasteiger partial charge in [-0.3, -0.25) is 4.57 Å². The largest absolute Gasteiger partial charge is 0.456 e. The van der Waals surface area contributed by atoms with Crippen LogP contribution in [0.1, 0.15) is 0 Å².